The molecule has 31 heavy (non-hydrogen) atoms. The van der Waals surface area contributed by atoms with Crippen LogP contribution in [0.3, 0.4) is 0 Å². The number of pyridine rings is 2. The maximum Gasteiger partial charge on any atom is 0.261 e. The number of carbonyl (C=O) groups excluding carboxylic acids is 1. The van der Waals surface area contributed by atoms with E-state index in [1.165, 1.54) is 32.4 Å². The molecule has 3 N–H and O–H groups in total. The van der Waals surface area contributed by atoms with E-state index in [0.717, 1.165) is 0 Å². The number of fused-ring (bicyclic) bond motifs is 1. The number of benzene rings is 1. The van der Waals surface area contributed by atoms with Gasteiger partial charge in [0.05, 0.1) is 29.3 Å². The van der Waals surface area contributed by atoms with Gasteiger partial charge >= 0.3 is 0 Å². The van der Waals surface area contributed by atoms with Crippen LogP contribution >= 0.6 is 0 Å². The molecule has 0 radical (unpaired) electrons. The number of sulfonamides is 1. The van der Waals surface area contributed by atoms with Crippen LogP contribution < -0.4 is 14.8 Å². The van der Waals surface area contributed by atoms with Crippen LogP contribution in [0.1, 0.15) is 6.92 Å². The number of aromatic amines is 1. The molecule has 0 saturated carbocycles. The minimum atomic E-state index is -3.87. The van der Waals surface area contributed by atoms with Crippen molar-refractivity contribution >= 4 is 38.5 Å². The fourth-order valence-corrected chi connectivity index (χ4v) is 4.10. The molecule has 1 amide bonds. The third-order valence-electron chi connectivity index (χ3n) is 4.42. The minimum absolute atomic E-state index is 0.0431. The van der Waals surface area contributed by atoms with Gasteiger partial charge < -0.3 is 10.1 Å². The first-order valence-electron chi connectivity index (χ1n) is 9.10. The van der Waals surface area contributed by atoms with Gasteiger partial charge in [-0.25, -0.2) is 13.4 Å². The number of methoxy groups -OCH3 is 1. The van der Waals surface area contributed by atoms with Crippen LogP contribution in [-0.4, -0.2) is 41.6 Å². The molecule has 0 fully saturated rings. The highest BCUT2D eigenvalue weighted by Gasteiger charge is 2.19. The van der Waals surface area contributed by atoms with Crippen molar-refractivity contribution in [3.63, 3.8) is 0 Å². The number of aromatic nitrogens is 4. The summed E-state index contributed by atoms with van der Waals surface area (Å²) in [6.07, 6.45) is 4.53. The molecule has 0 saturated heterocycles. The first-order chi connectivity index (χ1) is 14.9. The zero-order valence-electron chi connectivity index (χ0n) is 16.6. The van der Waals surface area contributed by atoms with Crippen molar-refractivity contribution in [1.82, 2.24) is 20.2 Å². The Morgan fingerprint density at radius 3 is 2.71 bits per heavy atom. The van der Waals surface area contributed by atoms with E-state index in [0.29, 0.717) is 39.4 Å². The highest BCUT2D eigenvalue weighted by Crippen LogP contribution is 2.34. The number of rotatable bonds is 6. The second kappa shape index (κ2) is 8.03. The van der Waals surface area contributed by atoms with Crippen LogP contribution in [0.4, 0.5) is 11.5 Å². The number of carbonyl (C=O) groups is 1. The highest BCUT2D eigenvalue weighted by molar-refractivity contribution is 7.92. The molecule has 3 aromatic heterocycles. The number of anilines is 2. The van der Waals surface area contributed by atoms with E-state index in [2.05, 4.69) is 30.2 Å². The maximum atomic E-state index is 12.9. The van der Waals surface area contributed by atoms with Gasteiger partial charge in [-0.3, -0.25) is 19.6 Å². The van der Waals surface area contributed by atoms with Crippen molar-refractivity contribution in [2.45, 2.75) is 11.8 Å². The average Bonchev–Trinajstić information content (AvgIpc) is 3.15. The van der Waals surface area contributed by atoms with Gasteiger partial charge in [0.2, 0.25) is 5.91 Å². The van der Waals surface area contributed by atoms with E-state index in [9.17, 15) is 13.2 Å². The summed E-state index contributed by atoms with van der Waals surface area (Å²) in [5, 5.41) is 10.0. The molecule has 10 nitrogen and oxygen atoms in total. The van der Waals surface area contributed by atoms with Crippen molar-refractivity contribution in [2.75, 3.05) is 17.1 Å². The average molecular weight is 438 g/mol. The van der Waals surface area contributed by atoms with Crippen molar-refractivity contribution in [2.24, 2.45) is 0 Å². The second-order valence-electron chi connectivity index (χ2n) is 6.58. The van der Waals surface area contributed by atoms with Crippen LogP contribution in [-0.2, 0) is 14.8 Å². The van der Waals surface area contributed by atoms with Gasteiger partial charge in [-0.1, -0.05) is 0 Å². The quantitative estimate of drug-likeness (QED) is 0.421. The third kappa shape index (κ3) is 4.16. The lowest BCUT2D eigenvalue weighted by atomic mass is 10.1. The normalized spacial score (nSPS) is 11.3. The Morgan fingerprint density at radius 1 is 1.16 bits per heavy atom. The zero-order valence-corrected chi connectivity index (χ0v) is 17.4. The van der Waals surface area contributed by atoms with E-state index in [1.807, 2.05) is 0 Å². The molecular weight excluding hydrogens is 420 g/mol. The van der Waals surface area contributed by atoms with E-state index >= 15 is 0 Å². The molecule has 4 aromatic rings. The number of nitrogens with one attached hydrogen (secondary N) is 3. The van der Waals surface area contributed by atoms with E-state index in [1.54, 1.807) is 36.7 Å². The largest absolute Gasteiger partial charge is 0.496 e. The van der Waals surface area contributed by atoms with Gasteiger partial charge in [0.1, 0.15) is 11.6 Å². The van der Waals surface area contributed by atoms with Gasteiger partial charge in [0.15, 0.2) is 5.65 Å². The Morgan fingerprint density at radius 2 is 2.00 bits per heavy atom. The topological polar surface area (TPSA) is 139 Å². The molecule has 1 aromatic carbocycles. The van der Waals surface area contributed by atoms with Gasteiger partial charge in [0.25, 0.3) is 10.0 Å². The van der Waals surface area contributed by atoms with E-state index in [-0.39, 0.29) is 10.8 Å². The van der Waals surface area contributed by atoms with Gasteiger partial charge in [0, 0.05) is 30.4 Å². The van der Waals surface area contributed by atoms with Gasteiger partial charge in [-0.15, -0.1) is 0 Å². The van der Waals surface area contributed by atoms with Crippen molar-refractivity contribution in [3.8, 4) is 16.9 Å². The first kappa shape index (κ1) is 20.3. The molecule has 158 valence electrons. The van der Waals surface area contributed by atoms with Crippen molar-refractivity contribution < 1.29 is 17.9 Å². The summed E-state index contributed by atoms with van der Waals surface area (Å²) in [5.41, 5.74) is 1.87. The third-order valence-corrected chi connectivity index (χ3v) is 5.80. The Hall–Kier alpha value is -3.99. The van der Waals surface area contributed by atoms with E-state index < -0.39 is 10.0 Å². The monoisotopic (exact) mass is 438 g/mol. The number of amides is 1. The van der Waals surface area contributed by atoms with Crippen molar-refractivity contribution in [3.05, 3.63) is 55.0 Å². The first-order valence-corrected chi connectivity index (χ1v) is 10.6. The summed E-state index contributed by atoms with van der Waals surface area (Å²) in [6, 6.07) is 9.51. The van der Waals surface area contributed by atoms with E-state index in [4.69, 9.17) is 4.74 Å². The number of hydrogen-bond acceptors (Lipinski definition) is 7. The Balaban J connectivity index is 1.78. The predicted molar refractivity (Wildman–Crippen MR) is 115 cm³/mol. The summed E-state index contributed by atoms with van der Waals surface area (Å²) >= 11 is 0. The molecule has 3 heterocycles. The SMILES string of the molecule is COc1ccc(S(=O)(=O)Nc2cccnc2)cc1-c1cnc2n[nH]c(NC(C)=O)c2c1. The number of nitrogens with zero attached hydrogens (tertiary/aromatic N) is 3. The predicted octanol–water partition coefficient (Wildman–Crippen LogP) is 2.79. The molecule has 4 rings (SSSR count). The molecule has 0 atom stereocenters. The molecule has 0 aliphatic carbocycles. The molecule has 0 aliphatic rings. The zero-order chi connectivity index (χ0) is 22.0. The lowest BCUT2D eigenvalue weighted by Gasteiger charge is -2.13. The fraction of sp³-hybridized carbons (Fsp3) is 0.100. The Bertz CT molecular complexity index is 1370. The molecular formula is C20H18N6O4S. The van der Waals surface area contributed by atoms with Gasteiger partial charge in [-0.2, -0.15) is 5.10 Å². The molecule has 0 bridgehead atoms. The highest BCUT2D eigenvalue weighted by atomic mass is 32.2. The molecule has 11 heteroatoms. The fourth-order valence-electron chi connectivity index (χ4n) is 3.04. The lowest BCUT2D eigenvalue weighted by molar-refractivity contribution is -0.114. The lowest BCUT2D eigenvalue weighted by Crippen LogP contribution is -2.13. The molecule has 0 aliphatic heterocycles. The minimum Gasteiger partial charge on any atom is -0.496 e. The second-order valence-corrected chi connectivity index (χ2v) is 8.27. The summed E-state index contributed by atoms with van der Waals surface area (Å²) in [7, 11) is -2.37. The number of H-pyrrole nitrogens is 1. The molecule has 0 unspecified atom stereocenters. The van der Waals surface area contributed by atoms with Crippen LogP contribution in [0.15, 0.2) is 59.9 Å². The summed E-state index contributed by atoms with van der Waals surface area (Å²) in [5.74, 6) is 0.604. The standard InChI is InChI=1S/C20H18N6O4S/c1-12(27)23-20-17-8-13(10-22-19(17)24-25-20)16-9-15(5-6-18(16)30-2)31(28,29)26-14-4-3-7-21-11-14/h3-11,26H,1-2H3,(H2,22,23,24,25,27). The number of hydrogen-bond donors (Lipinski definition) is 3. The van der Waals surface area contributed by atoms with Crippen LogP contribution in [0.5, 0.6) is 5.75 Å². The summed E-state index contributed by atoms with van der Waals surface area (Å²) in [6.45, 7) is 1.39. The van der Waals surface area contributed by atoms with Crippen LogP contribution in [0.25, 0.3) is 22.2 Å². The maximum absolute atomic E-state index is 12.9. The Kier molecular flexibility index (Phi) is 5.26. The Labute approximate surface area is 177 Å². The summed E-state index contributed by atoms with van der Waals surface area (Å²) in [4.78, 5) is 19.7. The van der Waals surface area contributed by atoms with Crippen molar-refractivity contribution in [1.29, 1.82) is 0 Å². The smallest absolute Gasteiger partial charge is 0.261 e. The van der Waals surface area contributed by atoms with Crippen LogP contribution in [0.2, 0.25) is 0 Å². The van der Waals surface area contributed by atoms with Crippen LogP contribution in [0, 0.1) is 0 Å². The molecule has 0 spiro atoms. The number of ether oxygens (including phenoxy) is 1. The summed E-state index contributed by atoms with van der Waals surface area (Å²) < 4.78 is 33.7. The van der Waals surface area contributed by atoms with Gasteiger partial charge in [-0.05, 0) is 36.4 Å².